The van der Waals surface area contributed by atoms with E-state index in [4.69, 9.17) is 10.5 Å². The number of ether oxygens (including phenoxy) is 2. The highest BCUT2D eigenvalue weighted by molar-refractivity contribution is 5.74. The molecule has 0 aromatic rings. The summed E-state index contributed by atoms with van der Waals surface area (Å²) in [6, 6.07) is -0.123. The van der Waals surface area contributed by atoms with E-state index < -0.39 is 6.36 Å². The van der Waals surface area contributed by atoms with Crippen molar-refractivity contribution in [2.45, 2.75) is 6.36 Å². The van der Waals surface area contributed by atoms with Gasteiger partial charge in [0.2, 0.25) is 0 Å². The summed E-state index contributed by atoms with van der Waals surface area (Å²) in [5.41, 5.74) is 6.21. The predicted octanol–water partition coefficient (Wildman–Crippen LogP) is -0.0888. The maximum Gasteiger partial charge on any atom is 0.289 e. The predicted molar refractivity (Wildman–Crippen MR) is 35.4 cm³/mol. The van der Waals surface area contributed by atoms with Gasteiger partial charge in [-0.1, -0.05) is 0 Å². The van der Waals surface area contributed by atoms with E-state index in [1.54, 1.807) is 0 Å². The second-order valence-electron chi connectivity index (χ2n) is 2.35. The lowest BCUT2D eigenvalue weighted by Gasteiger charge is -2.15. The highest BCUT2D eigenvalue weighted by atomic mass is 19.1. The Kier molecular flexibility index (Phi) is 1.32. The van der Waals surface area contributed by atoms with Gasteiger partial charge < -0.3 is 15.2 Å². The van der Waals surface area contributed by atoms with Crippen molar-refractivity contribution in [1.82, 2.24) is 0 Å². The maximum atomic E-state index is 12.9. The van der Waals surface area contributed by atoms with Crippen LogP contribution in [0.3, 0.4) is 0 Å². The van der Waals surface area contributed by atoms with E-state index in [1.165, 1.54) is 0 Å². The standard InChI is InChI=1S/C6H7FN2O2/c7-5-3-1-10-2-4(3)9-6(8)11-5/h5H,1-2H2,(H2,8,9). The maximum absolute atomic E-state index is 12.9. The van der Waals surface area contributed by atoms with Crippen molar-refractivity contribution in [3.05, 3.63) is 11.3 Å². The minimum absolute atomic E-state index is 0.123. The van der Waals surface area contributed by atoms with E-state index in [2.05, 4.69) is 9.73 Å². The Bertz CT molecular complexity index is 249. The molecule has 0 amide bonds. The Balaban J connectivity index is 2.33. The zero-order valence-corrected chi connectivity index (χ0v) is 5.71. The van der Waals surface area contributed by atoms with Gasteiger partial charge in [-0.15, -0.1) is 0 Å². The Morgan fingerprint density at radius 2 is 2.36 bits per heavy atom. The summed E-state index contributed by atoms with van der Waals surface area (Å²) in [6.07, 6.45) is -1.47. The molecule has 4 nitrogen and oxygen atoms in total. The molecular weight excluding hydrogens is 151 g/mol. The fraction of sp³-hybridized carbons (Fsp3) is 0.500. The summed E-state index contributed by atoms with van der Waals surface area (Å²) >= 11 is 0. The Hall–Kier alpha value is -1.10. The summed E-state index contributed by atoms with van der Waals surface area (Å²) in [4.78, 5) is 3.78. The zero-order chi connectivity index (χ0) is 7.84. The smallest absolute Gasteiger partial charge is 0.289 e. The second-order valence-corrected chi connectivity index (χ2v) is 2.35. The van der Waals surface area contributed by atoms with E-state index in [9.17, 15) is 4.39 Å². The van der Waals surface area contributed by atoms with E-state index in [0.29, 0.717) is 17.9 Å². The van der Waals surface area contributed by atoms with Crippen LogP contribution >= 0.6 is 0 Å². The summed E-state index contributed by atoms with van der Waals surface area (Å²) in [5.74, 6) is 0. The number of nitrogens with zero attached hydrogens (tertiary/aromatic N) is 1. The van der Waals surface area contributed by atoms with E-state index in [1.807, 2.05) is 0 Å². The quantitative estimate of drug-likeness (QED) is 0.536. The van der Waals surface area contributed by atoms with Crippen molar-refractivity contribution in [2.24, 2.45) is 10.7 Å². The number of halogens is 1. The van der Waals surface area contributed by atoms with Crippen LogP contribution in [0.1, 0.15) is 0 Å². The second kappa shape index (κ2) is 2.20. The summed E-state index contributed by atoms with van der Waals surface area (Å²) in [6.45, 7) is 0.590. The SMILES string of the molecule is NC1=NC2=C(COC2)C(F)O1. The molecule has 0 aromatic heterocycles. The first-order valence-electron chi connectivity index (χ1n) is 3.22. The van der Waals surface area contributed by atoms with Gasteiger partial charge in [0.25, 0.3) is 12.4 Å². The topological polar surface area (TPSA) is 56.8 Å². The van der Waals surface area contributed by atoms with Gasteiger partial charge in [-0.25, -0.2) is 0 Å². The monoisotopic (exact) mass is 158 g/mol. The molecule has 1 atom stereocenters. The van der Waals surface area contributed by atoms with Gasteiger partial charge in [0.1, 0.15) is 0 Å². The van der Waals surface area contributed by atoms with Gasteiger partial charge in [0.05, 0.1) is 24.5 Å². The van der Waals surface area contributed by atoms with Crippen LogP contribution in [-0.4, -0.2) is 25.6 Å². The number of hydrogen-bond donors (Lipinski definition) is 1. The van der Waals surface area contributed by atoms with Gasteiger partial charge in [-0.2, -0.15) is 9.38 Å². The van der Waals surface area contributed by atoms with Crippen LogP contribution in [0.15, 0.2) is 16.3 Å². The minimum Gasteiger partial charge on any atom is -0.426 e. The minimum atomic E-state index is -1.47. The third kappa shape index (κ3) is 0.970. The summed E-state index contributed by atoms with van der Waals surface area (Å²) in [5, 5.41) is 0. The third-order valence-corrected chi connectivity index (χ3v) is 1.61. The van der Waals surface area contributed by atoms with Crippen LogP contribution in [0.4, 0.5) is 4.39 Å². The van der Waals surface area contributed by atoms with Crippen LogP contribution in [0.5, 0.6) is 0 Å². The molecule has 5 heteroatoms. The number of hydrogen-bond acceptors (Lipinski definition) is 4. The first-order chi connectivity index (χ1) is 5.27. The van der Waals surface area contributed by atoms with Crippen LogP contribution in [0.2, 0.25) is 0 Å². The van der Waals surface area contributed by atoms with Crippen LogP contribution in [0, 0.1) is 0 Å². The van der Waals surface area contributed by atoms with Crippen molar-refractivity contribution in [1.29, 1.82) is 0 Å². The Morgan fingerprint density at radius 1 is 1.55 bits per heavy atom. The van der Waals surface area contributed by atoms with Gasteiger partial charge in [-0.05, 0) is 0 Å². The summed E-state index contributed by atoms with van der Waals surface area (Å²) in [7, 11) is 0. The molecule has 2 heterocycles. The van der Waals surface area contributed by atoms with Crippen molar-refractivity contribution < 1.29 is 13.9 Å². The third-order valence-electron chi connectivity index (χ3n) is 1.61. The van der Waals surface area contributed by atoms with Crippen molar-refractivity contribution in [2.75, 3.05) is 13.2 Å². The van der Waals surface area contributed by atoms with Gasteiger partial charge in [0, 0.05) is 0 Å². The van der Waals surface area contributed by atoms with E-state index in [0.717, 1.165) is 0 Å². The lowest BCUT2D eigenvalue weighted by atomic mass is 10.2. The molecule has 0 spiro atoms. The van der Waals surface area contributed by atoms with Crippen LogP contribution in [0.25, 0.3) is 0 Å². The van der Waals surface area contributed by atoms with Gasteiger partial charge >= 0.3 is 0 Å². The average molecular weight is 158 g/mol. The fourth-order valence-corrected chi connectivity index (χ4v) is 1.07. The molecule has 2 aliphatic rings. The van der Waals surface area contributed by atoms with E-state index in [-0.39, 0.29) is 12.6 Å². The molecule has 1 unspecified atom stereocenters. The molecular formula is C6H7FN2O2. The van der Waals surface area contributed by atoms with Crippen LogP contribution in [-0.2, 0) is 9.47 Å². The van der Waals surface area contributed by atoms with E-state index >= 15 is 0 Å². The fourth-order valence-electron chi connectivity index (χ4n) is 1.07. The number of amidine groups is 1. The molecule has 2 N–H and O–H groups in total. The molecule has 0 saturated heterocycles. The molecule has 2 rings (SSSR count). The molecule has 2 aliphatic heterocycles. The molecule has 0 bridgehead atoms. The lowest BCUT2D eigenvalue weighted by molar-refractivity contribution is 0.0741. The number of alkyl halides is 1. The Morgan fingerprint density at radius 3 is 3.18 bits per heavy atom. The molecule has 11 heavy (non-hydrogen) atoms. The molecule has 0 aromatic carbocycles. The van der Waals surface area contributed by atoms with Gasteiger partial charge in [-0.3, -0.25) is 0 Å². The Labute approximate surface area is 62.5 Å². The van der Waals surface area contributed by atoms with Gasteiger partial charge in [0.15, 0.2) is 0 Å². The number of rotatable bonds is 0. The molecule has 0 saturated carbocycles. The first kappa shape index (κ1) is 6.60. The zero-order valence-electron chi connectivity index (χ0n) is 5.71. The average Bonchev–Trinajstić information content (AvgIpc) is 2.34. The number of aliphatic imine (C=N–C) groups is 1. The van der Waals surface area contributed by atoms with Crippen molar-refractivity contribution in [3.8, 4) is 0 Å². The molecule has 0 fully saturated rings. The largest absolute Gasteiger partial charge is 0.426 e. The molecule has 0 radical (unpaired) electrons. The van der Waals surface area contributed by atoms with Crippen molar-refractivity contribution >= 4 is 6.02 Å². The first-order valence-corrected chi connectivity index (χ1v) is 3.22. The highest BCUT2D eigenvalue weighted by Gasteiger charge is 2.28. The molecule has 0 aliphatic carbocycles. The number of nitrogens with two attached hydrogens (primary N) is 1. The van der Waals surface area contributed by atoms with Crippen LogP contribution < -0.4 is 5.73 Å². The summed E-state index contributed by atoms with van der Waals surface area (Å²) < 4.78 is 22.3. The lowest BCUT2D eigenvalue weighted by Crippen LogP contribution is -2.27. The van der Waals surface area contributed by atoms with Crippen molar-refractivity contribution in [3.63, 3.8) is 0 Å². The normalized spacial score (nSPS) is 29.5. The highest BCUT2D eigenvalue weighted by Crippen LogP contribution is 2.24. The molecule has 60 valence electrons.